The highest BCUT2D eigenvalue weighted by molar-refractivity contribution is 7.13. The molecule has 1 aliphatic rings. The van der Waals surface area contributed by atoms with Crippen molar-refractivity contribution in [2.75, 3.05) is 13.1 Å². The first-order valence-electron chi connectivity index (χ1n) is 9.74. The zero-order valence-electron chi connectivity index (χ0n) is 15.8. The fourth-order valence-electron chi connectivity index (χ4n) is 3.72. The summed E-state index contributed by atoms with van der Waals surface area (Å²) in [5.41, 5.74) is 3.53. The largest absolute Gasteiger partial charge is 0.440 e. The van der Waals surface area contributed by atoms with E-state index in [1.165, 1.54) is 0 Å². The number of hydrogen-bond acceptors (Lipinski definition) is 6. The number of piperidine rings is 1. The fraction of sp³-hybridized carbons (Fsp3) is 0.273. The van der Waals surface area contributed by atoms with Crippen LogP contribution in [0.25, 0.3) is 21.7 Å². The van der Waals surface area contributed by atoms with Crippen LogP contribution in [0.1, 0.15) is 30.3 Å². The number of benzene rings is 1. The number of pyridine rings is 1. The quantitative estimate of drug-likeness (QED) is 0.507. The molecule has 1 fully saturated rings. The van der Waals surface area contributed by atoms with Crippen LogP contribution in [0.2, 0.25) is 0 Å². The predicted octanol–water partition coefficient (Wildman–Crippen LogP) is 4.30. The molecule has 4 heterocycles. The van der Waals surface area contributed by atoms with E-state index in [9.17, 15) is 4.79 Å². The molecular formula is C22H20N4O2S. The lowest BCUT2D eigenvalue weighted by Gasteiger charge is -2.30. The smallest absolute Gasteiger partial charge is 0.228 e. The normalized spacial score (nSPS) is 15.1. The van der Waals surface area contributed by atoms with Gasteiger partial charge in [0.15, 0.2) is 11.5 Å². The lowest BCUT2D eigenvalue weighted by Crippen LogP contribution is -2.38. The van der Waals surface area contributed by atoms with Gasteiger partial charge in [0.25, 0.3) is 0 Å². The standard InChI is InChI=1S/C22H20N4O2S/c27-20(12-17-14-29-22(24-17)16-4-3-9-23-13-16)26-10-7-15(8-11-26)21-25-18-5-1-2-6-19(18)28-21/h1-6,9,13-15H,7-8,10-12H2. The van der Waals surface area contributed by atoms with Crippen LogP contribution >= 0.6 is 11.3 Å². The summed E-state index contributed by atoms with van der Waals surface area (Å²) in [6.45, 7) is 1.45. The summed E-state index contributed by atoms with van der Waals surface area (Å²) < 4.78 is 5.92. The minimum absolute atomic E-state index is 0.129. The summed E-state index contributed by atoms with van der Waals surface area (Å²) in [6, 6.07) is 11.7. The molecule has 0 atom stereocenters. The molecule has 0 saturated carbocycles. The van der Waals surface area contributed by atoms with E-state index in [2.05, 4.69) is 15.0 Å². The Labute approximate surface area is 172 Å². The third-order valence-corrected chi connectivity index (χ3v) is 6.24. The second-order valence-electron chi connectivity index (χ2n) is 7.24. The summed E-state index contributed by atoms with van der Waals surface area (Å²) in [7, 11) is 0. The average molecular weight is 404 g/mol. The number of likely N-dealkylation sites (tertiary alicyclic amines) is 1. The Bertz CT molecular complexity index is 1100. The van der Waals surface area contributed by atoms with Crippen LogP contribution in [0.3, 0.4) is 0 Å². The highest BCUT2D eigenvalue weighted by Gasteiger charge is 2.27. The zero-order valence-corrected chi connectivity index (χ0v) is 16.6. The van der Waals surface area contributed by atoms with Crippen molar-refractivity contribution in [3.63, 3.8) is 0 Å². The van der Waals surface area contributed by atoms with Crippen molar-refractivity contribution in [2.45, 2.75) is 25.2 Å². The van der Waals surface area contributed by atoms with Crippen LogP contribution in [0.15, 0.2) is 58.6 Å². The maximum Gasteiger partial charge on any atom is 0.228 e. The molecule has 1 saturated heterocycles. The first-order valence-corrected chi connectivity index (χ1v) is 10.6. The Kier molecular flexibility index (Phi) is 4.81. The van der Waals surface area contributed by atoms with Crippen molar-refractivity contribution in [2.24, 2.45) is 0 Å². The van der Waals surface area contributed by atoms with E-state index >= 15 is 0 Å². The minimum atomic E-state index is 0.129. The number of amides is 1. The maximum absolute atomic E-state index is 12.7. The summed E-state index contributed by atoms with van der Waals surface area (Å²) in [6.07, 6.45) is 5.62. The lowest BCUT2D eigenvalue weighted by molar-refractivity contribution is -0.131. The number of carbonyl (C=O) groups excluding carboxylic acids is 1. The Hall–Kier alpha value is -3.06. The molecule has 1 aliphatic heterocycles. The van der Waals surface area contributed by atoms with Crippen molar-refractivity contribution in [1.82, 2.24) is 19.9 Å². The SMILES string of the molecule is O=C(Cc1csc(-c2cccnc2)n1)N1CCC(c2nc3ccccc3o2)CC1. The number of hydrogen-bond donors (Lipinski definition) is 0. The molecule has 0 aliphatic carbocycles. The van der Waals surface area contributed by atoms with Gasteiger partial charge in [0, 0.05) is 42.3 Å². The number of para-hydroxylation sites is 2. The number of fused-ring (bicyclic) bond motifs is 1. The molecule has 6 nitrogen and oxygen atoms in total. The number of aromatic nitrogens is 3. The van der Waals surface area contributed by atoms with Crippen molar-refractivity contribution < 1.29 is 9.21 Å². The van der Waals surface area contributed by atoms with E-state index in [4.69, 9.17) is 4.42 Å². The Morgan fingerprint density at radius 2 is 2.00 bits per heavy atom. The molecule has 0 N–H and O–H groups in total. The Balaban J connectivity index is 1.20. The fourth-order valence-corrected chi connectivity index (χ4v) is 4.53. The van der Waals surface area contributed by atoms with Gasteiger partial charge in [-0.3, -0.25) is 9.78 Å². The van der Waals surface area contributed by atoms with Crippen molar-refractivity contribution in [3.05, 3.63) is 65.8 Å². The number of nitrogens with zero attached hydrogens (tertiary/aromatic N) is 4. The summed E-state index contributed by atoms with van der Waals surface area (Å²) in [5, 5.41) is 2.86. The molecular weight excluding hydrogens is 384 g/mol. The molecule has 1 amide bonds. The molecule has 4 aromatic rings. The zero-order chi connectivity index (χ0) is 19.6. The summed E-state index contributed by atoms with van der Waals surface area (Å²) >= 11 is 1.55. The molecule has 0 radical (unpaired) electrons. The molecule has 1 aromatic carbocycles. The monoisotopic (exact) mass is 404 g/mol. The maximum atomic E-state index is 12.7. The van der Waals surface area contributed by atoms with Gasteiger partial charge in [-0.25, -0.2) is 9.97 Å². The molecule has 0 bridgehead atoms. The summed E-state index contributed by atoms with van der Waals surface area (Å²) in [4.78, 5) is 28.0. The van der Waals surface area contributed by atoms with Gasteiger partial charge < -0.3 is 9.32 Å². The predicted molar refractivity (Wildman–Crippen MR) is 112 cm³/mol. The van der Waals surface area contributed by atoms with E-state index in [1.807, 2.05) is 46.7 Å². The van der Waals surface area contributed by atoms with Crippen LogP contribution in [0.4, 0.5) is 0 Å². The van der Waals surface area contributed by atoms with Crippen LogP contribution in [-0.4, -0.2) is 38.8 Å². The van der Waals surface area contributed by atoms with Crippen molar-refractivity contribution in [1.29, 1.82) is 0 Å². The first kappa shape index (κ1) is 18.0. The van der Waals surface area contributed by atoms with E-state index < -0.39 is 0 Å². The topological polar surface area (TPSA) is 72.1 Å². The second kappa shape index (κ2) is 7.75. The molecule has 5 rings (SSSR count). The van der Waals surface area contributed by atoms with Gasteiger partial charge in [0.1, 0.15) is 10.5 Å². The molecule has 3 aromatic heterocycles. The molecule has 29 heavy (non-hydrogen) atoms. The number of rotatable bonds is 4. The number of oxazole rings is 1. The third kappa shape index (κ3) is 3.78. The number of carbonyl (C=O) groups is 1. The summed E-state index contributed by atoms with van der Waals surface area (Å²) in [5.74, 6) is 1.19. The van der Waals surface area contributed by atoms with E-state index in [-0.39, 0.29) is 11.8 Å². The number of thiazole rings is 1. The van der Waals surface area contributed by atoms with Gasteiger partial charge in [0.05, 0.1) is 12.1 Å². The molecule has 7 heteroatoms. The molecule has 0 unspecified atom stereocenters. The first-order chi connectivity index (χ1) is 14.3. The molecule has 0 spiro atoms. The van der Waals surface area contributed by atoms with Gasteiger partial charge >= 0.3 is 0 Å². The van der Waals surface area contributed by atoms with Crippen LogP contribution in [-0.2, 0) is 11.2 Å². The van der Waals surface area contributed by atoms with Gasteiger partial charge in [0.2, 0.25) is 5.91 Å². The van der Waals surface area contributed by atoms with Gasteiger partial charge in [-0.1, -0.05) is 12.1 Å². The average Bonchev–Trinajstić information content (AvgIpc) is 3.41. The van der Waals surface area contributed by atoms with Gasteiger partial charge in [-0.2, -0.15) is 0 Å². The van der Waals surface area contributed by atoms with E-state index in [0.717, 1.165) is 59.2 Å². The Morgan fingerprint density at radius 3 is 2.79 bits per heavy atom. The Morgan fingerprint density at radius 1 is 1.14 bits per heavy atom. The van der Waals surface area contributed by atoms with Gasteiger partial charge in [-0.15, -0.1) is 11.3 Å². The van der Waals surface area contributed by atoms with Crippen molar-refractivity contribution in [3.8, 4) is 10.6 Å². The second-order valence-corrected chi connectivity index (χ2v) is 8.10. The van der Waals surface area contributed by atoms with Gasteiger partial charge in [-0.05, 0) is 37.1 Å². The lowest BCUT2D eigenvalue weighted by atomic mass is 9.96. The van der Waals surface area contributed by atoms with Crippen LogP contribution in [0, 0.1) is 0 Å². The van der Waals surface area contributed by atoms with Crippen LogP contribution < -0.4 is 0 Å². The van der Waals surface area contributed by atoms with E-state index in [0.29, 0.717) is 6.42 Å². The van der Waals surface area contributed by atoms with Crippen LogP contribution in [0.5, 0.6) is 0 Å². The highest BCUT2D eigenvalue weighted by Crippen LogP contribution is 2.30. The highest BCUT2D eigenvalue weighted by atomic mass is 32.1. The van der Waals surface area contributed by atoms with E-state index in [1.54, 1.807) is 23.7 Å². The third-order valence-electron chi connectivity index (χ3n) is 5.30. The van der Waals surface area contributed by atoms with Crippen molar-refractivity contribution >= 4 is 28.3 Å². The molecule has 146 valence electrons. The minimum Gasteiger partial charge on any atom is -0.440 e.